The molecule has 3 nitrogen and oxygen atoms in total. The molecular weight excluding hydrogens is 262 g/mol. The van der Waals surface area contributed by atoms with Crippen molar-refractivity contribution in [2.45, 2.75) is 44.4 Å². The van der Waals surface area contributed by atoms with E-state index in [2.05, 4.69) is 5.32 Å². The summed E-state index contributed by atoms with van der Waals surface area (Å²) in [6, 6.07) is 5.89. The van der Waals surface area contributed by atoms with Gasteiger partial charge in [0.1, 0.15) is 11.9 Å². The van der Waals surface area contributed by atoms with Gasteiger partial charge in [0.25, 0.3) is 0 Å². The van der Waals surface area contributed by atoms with Gasteiger partial charge in [0.15, 0.2) is 0 Å². The Bertz CT molecular complexity index is 411. The lowest BCUT2D eigenvalue weighted by Crippen LogP contribution is -2.30. The molecule has 2 rings (SSSR count). The van der Waals surface area contributed by atoms with E-state index in [1.807, 2.05) is 25.2 Å². The summed E-state index contributed by atoms with van der Waals surface area (Å²) < 4.78 is 11.6. The van der Waals surface area contributed by atoms with Gasteiger partial charge in [-0.25, -0.2) is 0 Å². The molecule has 106 valence electrons. The number of para-hydroxylation sites is 1. The van der Waals surface area contributed by atoms with E-state index in [9.17, 15) is 0 Å². The van der Waals surface area contributed by atoms with Gasteiger partial charge in [-0.2, -0.15) is 0 Å². The quantitative estimate of drug-likeness (QED) is 0.898. The Morgan fingerprint density at radius 2 is 2.11 bits per heavy atom. The third kappa shape index (κ3) is 3.85. The molecule has 0 aromatic heterocycles. The maximum absolute atomic E-state index is 6.27. The topological polar surface area (TPSA) is 30.5 Å². The summed E-state index contributed by atoms with van der Waals surface area (Å²) in [5.41, 5.74) is 1.11. The minimum atomic E-state index is 0.203. The van der Waals surface area contributed by atoms with Crippen LogP contribution in [0.3, 0.4) is 0 Å². The van der Waals surface area contributed by atoms with Crippen LogP contribution in [0.4, 0.5) is 0 Å². The molecule has 19 heavy (non-hydrogen) atoms. The van der Waals surface area contributed by atoms with Crippen LogP contribution < -0.4 is 10.1 Å². The minimum absolute atomic E-state index is 0.203. The number of nitrogens with one attached hydrogen (secondary N) is 1. The first kappa shape index (κ1) is 14.6. The van der Waals surface area contributed by atoms with Crippen LogP contribution in [-0.2, 0) is 11.3 Å². The molecule has 0 radical (unpaired) electrons. The van der Waals surface area contributed by atoms with Crippen LogP contribution in [0.1, 0.15) is 31.2 Å². The molecule has 0 spiro atoms. The average Bonchev–Trinajstić information content (AvgIpc) is 2.43. The first-order valence-corrected chi connectivity index (χ1v) is 7.23. The fourth-order valence-electron chi connectivity index (χ4n) is 2.61. The summed E-state index contributed by atoms with van der Waals surface area (Å²) in [6.07, 6.45) is 4.81. The second-order valence-corrected chi connectivity index (χ2v) is 5.43. The molecule has 1 aliphatic rings. The fraction of sp³-hybridized carbons (Fsp3) is 0.600. The lowest BCUT2D eigenvalue weighted by atomic mass is 9.95. The van der Waals surface area contributed by atoms with Crippen molar-refractivity contribution in [2.24, 2.45) is 0 Å². The van der Waals surface area contributed by atoms with E-state index in [0.717, 1.165) is 43.5 Å². The third-order valence-electron chi connectivity index (χ3n) is 3.61. The van der Waals surface area contributed by atoms with E-state index in [-0.39, 0.29) is 6.10 Å². The molecule has 1 aromatic carbocycles. The smallest absolute Gasteiger partial charge is 0.142 e. The van der Waals surface area contributed by atoms with Gasteiger partial charge in [0, 0.05) is 25.6 Å². The van der Waals surface area contributed by atoms with Gasteiger partial charge in [-0.1, -0.05) is 23.7 Å². The van der Waals surface area contributed by atoms with Gasteiger partial charge in [-0.3, -0.25) is 0 Å². The van der Waals surface area contributed by atoms with Crippen molar-refractivity contribution in [1.29, 1.82) is 0 Å². The van der Waals surface area contributed by atoms with E-state index in [1.54, 1.807) is 7.11 Å². The molecule has 0 aliphatic heterocycles. The van der Waals surface area contributed by atoms with Crippen molar-refractivity contribution in [2.75, 3.05) is 14.2 Å². The summed E-state index contributed by atoms with van der Waals surface area (Å²) in [7, 11) is 3.70. The van der Waals surface area contributed by atoms with Crippen LogP contribution in [0, 0.1) is 0 Å². The number of hydrogen-bond donors (Lipinski definition) is 1. The molecule has 1 aliphatic carbocycles. The molecule has 0 heterocycles. The zero-order valence-electron chi connectivity index (χ0n) is 11.6. The number of halogens is 1. The fourth-order valence-corrected chi connectivity index (χ4v) is 2.84. The van der Waals surface area contributed by atoms with E-state index in [0.29, 0.717) is 11.1 Å². The van der Waals surface area contributed by atoms with Gasteiger partial charge in [0.2, 0.25) is 0 Å². The van der Waals surface area contributed by atoms with Gasteiger partial charge >= 0.3 is 0 Å². The van der Waals surface area contributed by atoms with Crippen LogP contribution in [0.15, 0.2) is 18.2 Å². The maximum Gasteiger partial charge on any atom is 0.142 e. The predicted octanol–water partition coefficient (Wildman–Crippen LogP) is 3.40. The predicted molar refractivity (Wildman–Crippen MR) is 77.9 cm³/mol. The van der Waals surface area contributed by atoms with Gasteiger partial charge in [-0.15, -0.1) is 0 Å². The Labute approximate surface area is 120 Å². The van der Waals surface area contributed by atoms with Crippen molar-refractivity contribution in [3.8, 4) is 5.75 Å². The molecule has 1 N–H and O–H groups in total. The maximum atomic E-state index is 6.27. The third-order valence-corrected chi connectivity index (χ3v) is 3.91. The first-order chi connectivity index (χ1) is 9.24. The van der Waals surface area contributed by atoms with E-state index in [4.69, 9.17) is 21.1 Å². The molecule has 1 aromatic rings. The highest BCUT2D eigenvalue weighted by Crippen LogP contribution is 2.32. The molecule has 0 saturated heterocycles. The molecule has 4 heteroatoms. The summed E-state index contributed by atoms with van der Waals surface area (Å²) in [5, 5.41) is 3.83. The van der Waals surface area contributed by atoms with E-state index in [1.165, 1.54) is 0 Å². The normalized spacial score (nSPS) is 23.3. The van der Waals surface area contributed by atoms with E-state index < -0.39 is 0 Å². The molecule has 1 saturated carbocycles. The zero-order valence-corrected chi connectivity index (χ0v) is 12.4. The molecule has 2 atom stereocenters. The Morgan fingerprint density at radius 3 is 2.84 bits per heavy atom. The monoisotopic (exact) mass is 283 g/mol. The Morgan fingerprint density at radius 1 is 1.32 bits per heavy atom. The molecule has 2 unspecified atom stereocenters. The largest absolute Gasteiger partial charge is 0.488 e. The average molecular weight is 284 g/mol. The SMILES string of the molecule is CNCc1cccc(Cl)c1OC1CCCC(OC)C1. The standard InChI is InChI=1S/C15H22ClNO2/c1-17-10-11-5-3-8-14(16)15(11)19-13-7-4-6-12(9-13)18-2/h3,5,8,12-13,17H,4,6-7,9-10H2,1-2H3. The molecule has 0 amide bonds. The first-order valence-electron chi connectivity index (χ1n) is 6.86. The second-order valence-electron chi connectivity index (χ2n) is 5.02. The number of rotatable bonds is 5. The highest BCUT2D eigenvalue weighted by Gasteiger charge is 2.24. The van der Waals surface area contributed by atoms with Crippen LogP contribution in [-0.4, -0.2) is 26.4 Å². The second kappa shape index (κ2) is 7.13. The van der Waals surface area contributed by atoms with Gasteiger partial charge in [-0.05, 0) is 32.4 Å². The number of hydrogen-bond acceptors (Lipinski definition) is 3. The summed E-state index contributed by atoms with van der Waals surface area (Å²) in [5.74, 6) is 0.820. The molecular formula is C15H22ClNO2. The van der Waals surface area contributed by atoms with Gasteiger partial charge < -0.3 is 14.8 Å². The lowest BCUT2D eigenvalue weighted by molar-refractivity contribution is 0.0207. The van der Waals surface area contributed by atoms with Crippen molar-refractivity contribution >= 4 is 11.6 Å². The van der Waals surface area contributed by atoms with Crippen LogP contribution in [0.5, 0.6) is 5.75 Å². The lowest BCUT2D eigenvalue weighted by Gasteiger charge is -2.29. The summed E-state index contributed by atoms with van der Waals surface area (Å²) in [6.45, 7) is 0.760. The van der Waals surface area contributed by atoms with Crippen molar-refractivity contribution < 1.29 is 9.47 Å². The zero-order chi connectivity index (χ0) is 13.7. The van der Waals surface area contributed by atoms with E-state index >= 15 is 0 Å². The number of methoxy groups -OCH3 is 1. The van der Waals surface area contributed by atoms with Crippen LogP contribution in [0.2, 0.25) is 5.02 Å². The van der Waals surface area contributed by atoms with Crippen molar-refractivity contribution in [3.63, 3.8) is 0 Å². The Balaban J connectivity index is 2.09. The summed E-state index contributed by atoms with van der Waals surface area (Å²) in [4.78, 5) is 0. The molecule has 0 bridgehead atoms. The highest BCUT2D eigenvalue weighted by atomic mass is 35.5. The number of ether oxygens (including phenoxy) is 2. The summed E-state index contributed by atoms with van der Waals surface area (Å²) >= 11 is 6.27. The number of benzene rings is 1. The Kier molecular flexibility index (Phi) is 5.49. The van der Waals surface area contributed by atoms with Gasteiger partial charge in [0.05, 0.1) is 11.1 Å². The Hall–Kier alpha value is -0.770. The van der Waals surface area contributed by atoms with Crippen molar-refractivity contribution in [3.05, 3.63) is 28.8 Å². The highest BCUT2D eigenvalue weighted by molar-refractivity contribution is 6.32. The molecule has 1 fully saturated rings. The van der Waals surface area contributed by atoms with Crippen molar-refractivity contribution in [1.82, 2.24) is 5.32 Å². The minimum Gasteiger partial charge on any atom is -0.488 e. The van der Waals surface area contributed by atoms with Crippen LogP contribution in [0.25, 0.3) is 0 Å². The van der Waals surface area contributed by atoms with Crippen LogP contribution >= 0.6 is 11.6 Å².